The van der Waals surface area contributed by atoms with Crippen LogP contribution in [0.1, 0.15) is 34.1 Å². The third kappa shape index (κ3) is 6.95. The molecule has 1 atom stereocenters. The highest BCUT2D eigenvalue weighted by atomic mass is 32.2. The lowest BCUT2D eigenvalue weighted by Gasteiger charge is -2.14. The Morgan fingerprint density at radius 1 is 1.36 bits per heavy atom. The van der Waals surface area contributed by atoms with Gasteiger partial charge in [0.25, 0.3) is 5.24 Å². The second kappa shape index (κ2) is 6.87. The molecule has 14 heavy (non-hydrogen) atoms. The van der Waals surface area contributed by atoms with Gasteiger partial charge in [0.1, 0.15) is 6.29 Å². The van der Waals surface area contributed by atoms with Crippen molar-refractivity contribution in [2.24, 2.45) is 5.92 Å². The van der Waals surface area contributed by atoms with Gasteiger partial charge in [-0.05, 0) is 12.3 Å². The molecule has 0 saturated heterocycles. The number of hydrogen-bond acceptors (Lipinski definition) is 3. The van der Waals surface area contributed by atoms with Crippen LogP contribution in [0.2, 0.25) is 0 Å². The van der Waals surface area contributed by atoms with Crippen molar-refractivity contribution in [2.45, 2.75) is 45.4 Å². The Kier molecular flexibility index (Phi) is 6.62. The Bertz CT molecular complexity index is 193. The van der Waals surface area contributed by atoms with E-state index in [2.05, 4.69) is 5.32 Å². The van der Waals surface area contributed by atoms with Crippen molar-refractivity contribution in [2.75, 3.05) is 0 Å². The molecule has 0 saturated carbocycles. The van der Waals surface area contributed by atoms with Gasteiger partial charge < -0.3 is 10.1 Å². The number of nitrogens with one attached hydrogen (secondary N) is 1. The summed E-state index contributed by atoms with van der Waals surface area (Å²) in [6, 6.07) is -0.339. The van der Waals surface area contributed by atoms with Gasteiger partial charge in [0.15, 0.2) is 0 Å². The fourth-order valence-electron chi connectivity index (χ4n) is 1.06. The molecule has 0 aliphatic carbocycles. The van der Waals surface area contributed by atoms with Crippen molar-refractivity contribution in [1.29, 1.82) is 0 Å². The van der Waals surface area contributed by atoms with Gasteiger partial charge in [-0.2, -0.15) is 0 Å². The molecule has 0 fully saturated rings. The van der Waals surface area contributed by atoms with Gasteiger partial charge in [0, 0.05) is 5.25 Å². The second-order valence-electron chi connectivity index (χ2n) is 3.97. The highest BCUT2D eigenvalue weighted by molar-refractivity contribution is 8.14. The summed E-state index contributed by atoms with van der Waals surface area (Å²) in [5.74, 6) is 0.412. The summed E-state index contributed by atoms with van der Waals surface area (Å²) < 4.78 is 0. The molecule has 0 aromatic carbocycles. The third-order valence-electron chi connectivity index (χ3n) is 1.54. The number of carbonyl (C=O) groups is 2. The minimum atomic E-state index is -0.339. The van der Waals surface area contributed by atoms with Gasteiger partial charge in [-0.3, -0.25) is 4.79 Å². The van der Waals surface area contributed by atoms with E-state index in [1.165, 1.54) is 11.8 Å². The van der Waals surface area contributed by atoms with Crippen molar-refractivity contribution in [3.63, 3.8) is 0 Å². The van der Waals surface area contributed by atoms with Crippen LogP contribution in [0, 0.1) is 5.92 Å². The van der Waals surface area contributed by atoms with Crippen LogP contribution in [0.15, 0.2) is 0 Å². The molecule has 0 heterocycles. The Morgan fingerprint density at radius 2 is 1.93 bits per heavy atom. The van der Waals surface area contributed by atoms with Crippen LogP contribution in [0.4, 0.5) is 4.79 Å². The quantitative estimate of drug-likeness (QED) is 0.719. The average Bonchev–Trinajstić information content (AvgIpc) is 2.00. The number of amides is 1. The lowest BCUT2D eigenvalue weighted by Crippen LogP contribution is -2.35. The maximum atomic E-state index is 11.3. The molecule has 1 amide bonds. The van der Waals surface area contributed by atoms with E-state index in [1.807, 2.05) is 27.7 Å². The molecule has 0 aromatic heterocycles. The summed E-state index contributed by atoms with van der Waals surface area (Å²) in [6.07, 6.45) is 1.51. The molecular formula is C10H19NO2S. The normalized spacial score (nSPS) is 13.0. The first-order chi connectivity index (χ1) is 6.45. The highest BCUT2D eigenvalue weighted by Crippen LogP contribution is 2.11. The molecule has 0 rings (SSSR count). The molecule has 0 aliphatic rings. The first-order valence-corrected chi connectivity index (χ1v) is 5.76. The predicted molar refractivity (Wildman–Crippen MR) is 60.6 cm³/mol. The molecule has 0 aliphatic heterocycles. The average molecular weight is 217 g/mol. The first kappa shape index (κ1) is 13.5. The minimum absolute atomic E-state index is 0.113. The standard InChI is InChI=1S/C10H19NO2S/c1-7(2)5-9(6-12)11-10(13)14-8(3)4/h6-9H,5H2,1-4H3,(H,11,13). The maximum absolute atomic E-state index is 11.3. The molecule has 82 valence electrons. The summed E-state index contributed by atoms with van der Waals surface area (Å²) in [6.45, 7) is 7.95. The molecule has 0 radical (unpaired) electrons. The van der Waals surface area contributed by atoms with E-state index in [1.54, 1.807) is 0 Å². The maximum Gasteiger partial charge on any atom is 0.279 e. The van der Waals surface area contributed by atoms with E-state index < -0.39 is 0 Å². The zero-order chi connectivity index (χ0) is 11.1. The Labute approximate surface area is 90.0 Å². The summed E-state index contributed by atoms with van der Waals surface area (Å²) in [4.78, 5) is 21.9. The summed E-state index contributed by atoms with van der Waals surface area (Å²) in [7, 11) is 0. The van der Waals surface area contributed by atoms with E-state index in [0.29, 0.717) is 12.3 Å². The lowest BCUT2D eigenvalue weighted by atomic mass is 10.1. The highest BCUT2D eigenvalue weighted by Gasteiger charge is 2.13. The van der Waals surface area contributed by atoms with E-state index in [9.17, 15) is 9.59 Å². The van der Waals surface area contributed by atoms with E-state index >= 15 is 0 Å². The van der Waals surface area contributed by atoms with Crippen molar-refractivity contribution in [3.8, 4) is 0 Å². The van der Waals surface area contributed by atoms with Crippen LogP contribution < -0.4 is 5.32 Å². The fraction of sp³-hybridized carbons (Fsp3) is 0.800. The SMILES string of the molecule is CC(C)CC(C=O)NC(=O)SC(C)C. The third-order valence-corrected chi connectivity index (χ3v) is 2.34. The molecule has 1 N–H and O–H groups in total. The van der Waals surface area contributed by atoms with Gasteiger partial charge in [-0.15, -0.1) is 0 Å². The monoisotopic (exact) mass is 217 g/mol. The summed E-state index contributed by atoms with van der Waals surface area (Å²) in [5.41, 5.74) is 0. The van der Waals surface area contributed by atoms with Crippen LogP contribution in [-0.4, -0.2) is 22.8 Å². The van der Waals surface area contributed by atoms with Gasteiger partial charge in [-0.1, -0.05) is 39.5 Å². The number of hydrogen-bond donors (Lipinski definition) is 1. The van der Waals surface area contributed by atoms with Crippen LogP contribution in [-0.2, 0) is 4.79 Å². The Morgan fingerprint density at radius 3 is 2.29 bits per heavy atom. The number of thioether (sulfide) groups is 1. The number of aldehydes is 1. The van der Waals surface area contributed by atoms with Crippen LogP contribution >= 0.6 is 11.8 Å². The fourth-order valence-corrected chi connectivity index (χ4v) is 1.70. The zero-order valence-electron chi connectivity index (χ0n) is 9.24. The smallest absolute Gasteiger partial charge is 0.279 e. The second-order valence-corrected chi connectivity index (χ2v) is 5.52. The van der Waals surface area contributed by atoms with Gasteiger partial charge in [0.05, 0.1) is 6.04 Å². The molecule has 4 heteroatoms. The molecule has 3 nitrogen and oxygen atoms in total. The molecule has 1 unspecified atom stereocenters. The van der Waals surface area contributed by atoms with Crippen molar-refractivity contribution in [3.05, 3.63) is 0 Å². The van der Waals surface area contributed by atoms with Crippen molar-refractivity contribution in [1.82, 2.24) is 5.32 Å². The largest absolute Gasteiger partial charge is 0.337 e. The number of rotatable bonds is 5. The number of carbonyl (C=O) groups excluding carboxylic acids is 2. The molecule has 0 spiro atoms. The predicted octanol–water partition coefficient (Wildman–Crippen LogP) is 2.45. The van der Waals surface area contributed by atoms with Crippen LogP contribution in [0.5, 0.6) is 0 Å². The van der Waals surface area contributed by atoms with Crippen LogP contribution in [0.3, 0.4) is 0 Å². The van der Waals surface area contributed by atoms with Gasteiger partial charge in [0.2, 0.25) is 0 Å². The Hall–Kier alpha value is -0.510. The molecule has 0 aromatic rings. The van der Waals surface area contributed by atoms with Gasteiger partial charge in [-0.25, -0.2) is 0 Å². The van der Waals surface area contributed by atoms with E-state index in [0.717, 1.165) is 6.29 Å². The zero-order valence-corrected chi connectivity index (χ0v) is 10.1. The summed E-state index contributed by atoms with van der Waals surface area (Å²) in [5, 5.41) is 2.82. The van der Waals surface area contributed by atoms with Crippen molar-refractivity contribution >= 4 is 23.3 Å². The van der Waals surface area contributed by atoms with E-state index in [-0.39, 0.29) is 16.5 Å². The minimum Gasteiger partial charge on any atom is -0.337 e. The van der Waals surface area contributed by atoms with Crippen LogP contribution in [0.25, 0.3) is 0 Å². The van der Waals surface area contributed by atoms with E-state index in [4.69, 9.17) is 0 Å². The van der Waals surface area contributed by atoms with Crippen molar-refractivity contribution < 1.29 is 9.59 Å². The van der Waals surface area contributed by atoms with Gasteiger partial charge >= 0.3 is 0 Å². The lowest BCUT2D eigenvalue weighted by molar-refractivity contribution is -0.109. The summed E-state index contributed by atoms with van der Waals surface area (Å²) >= 11 is 1.22. The molecule has 0 bridgehead atoms. The molecular weight excluding hydrogens is 198 g/mol. The topological polar surface area (TPSA) is 46.2 Å². The first-order valence-electron chi connectivity index (χ1n) is 4.88. The Balaban J connectivity index is 3.92.